The summed E-state index contributed by atoms with van der Waals surface area (Å²) in [4.78, 5) is 20.4. The lowest BCUT2D eigenvalue weighted by Crippen LogP contribution is -2.03. The maximum atomic E-state index is 12.6. The van der Waals surface area contributed by atoms with Gasteiger partial charge in [-0.3, -0.25) is 0 Å². The highest BCUT2D eigenvalue weighted by Gasteiger charge is 2.14. The predicted octanol–water partition coefficient (Wildman–Crippen LogP) is 5.11. The van der Waals surface area contributed by atoms with Crippen LogP contribution in [0.15, 0.2) is 63.8 Å². The lowest BCUT2D eigenvalue weighted by atomic mass is 10.0. The average Bonchev–Trinajstić information content (AvgIpc) is 3.03. The highest BCUT2D eigenvalue weighted by molar-refractivity contribution is 6.06. The Bertz CT molecular complexity index is 1340. The van der Waals surface area contributed by atoms with Gasteiger partial charge in [0.2, 0.25) is 0 Å². The van der Waals surface area contributed by atoms with Crippen LogP contribution in [0.5, 0.6) is 0 Å². The molecule has 2 heterocycles. The highest BCUT2D eigenvalue weighted by Crippen LogP contribution is 2.28. The first-order valence-electron chi connectivity index (χ1n) is 8.53. The third kappa shape index (κ3) is 2.15. The van der Waals surface area contributed by atoms with Crippen LogP contribution in [-0.2, 0) is 0 Å². The average molecular weight is 340 g/mol. The van der Waals surface area contributed by atoms with Gasteiger partial charge in [0.15, 0.2) is 0 Å². The van der Waals surface area contributed by atoms with Crippen LogP contribution in [0.2, 0.25) is 0 Å². The van der Waals surface area contributed by atoms with Crippen molar-refractivity contribution in [1.29, 1.82) is 0 Å². The van der Waals surface area contributed by atoms with E-state index in [0.717, 1.165) is 27.2 Å². The highest BCUT2D eigenvalue weighted by atomic mass is 16.4. The lowest BCUT2D eigenvalue weighted by Gasteiger charge is -2.04. The molecule has 4 nitrogen and oxygen atoms in total. The standard InChI is InChI=1S/C22H16N2O2/c1-12-9-18-19(10-13(12)2)24-21(23-18)17-11-16-15-6-4-3-5-14(15)7-8-20(16)26-22(17)25/h3-11H,1-2H3,(H,23,24). The number of fused-ring (bicyclic) bond motifs is 4. The normalized spacial score (nSPS) is 11.6. The number of hydrogen-bond acceptors (Lipinski definition) is 3. The fourth-order valence-corrected chi connectivity index (χ4v) is 3.43. The quantitative estimate of drug-likeness (QED) is 0.341. The molecule has 5 aromatic rings. The summed E-state index contributed by atoms with van der Waals surface area (Å²) in [5.41, 5.74) is 4.76. The van der Waals surface area contributed by atoms with Crippen LogP contribution in [-0.4, -0.2) is 9.97 Å². The number of nitrogens with one attached hydrogen (secondary N) is 1. The van der Waals surface area contributed by atoms with Crippen molar-refractivity contribution >= 4 is 32.8 Å². The second-order valence-corrected chi connectivity index (χ2v) is 6.69. The molecular weight excluding hydrogens is 324 g/mol. The summed E-state index contributed by atoms with van der Waals surface area (Å²) < 4.78 is 5.58. The van der Waals surface area contributed by atoms with E-state index in [2.05, 4.69) is 29.9 Å². The Kier molecular flexibility index (Phi) is 3.04. The molecule has 0 saturated carbocycles. The molecule has 0 aliphatic carbocycles. The van der Waals surface area contributed by atoms with Crippen molar-refractivity contribution in [3.63, 3.8) is 0 Å². The van der Waals surface area contributed by atoms with Gasteiger partial charge in [-0.05, 0) is 60.0 Å². The van der Waals surface area contributed by atoms with E-state index < -0.39 is 0 Å². The molecule has 3 aromatic carbocycles. The molecule has 0 aliphatic rings. The van der Waals surface area contributed by atoms with Crippen LogP contribution in [0, 0.1) is 13.8 Å². The summed E-state index contributed by atoms with van der Waals surface area (Å²) in [6.45, 7) is 4.12. The molecule has 0 unspecified atom stereocenters. The summed E-state index contributed by atoms with van der Waals surface area (Å²) in [6, 6.07) is 17.8. The summed E-state index contributed by atoms with van der Waals surface area (Å²) in [5, 5.41) is 3.07. The van der Waals surface area contributed by atoms with Crippen molar-refractivity contribution in [3.05, 3.63) is 76.1 Å². The monoisotopic (exact) mass is 340 g/mol. The Balaban J connectivity index is 1.82. The summed E-state index contributed by atoms with van der Waals surface area (Å²) in [6.07, 6.45) is 0. The number of rotatable bonds is 1. The second-order valence-electron chi connectivity index (χ2n) is 6.69. The predicted molar refractivity (Wildman–Crippen MR) is 105 cm³/mol. The topological polar surface area (TPSA) is 58.9 Å². The van der Waals surface area contributed by atoms with Crippen molar-refractivity contribution in [2.75, 3.05) is 0 Å². The van der Waals surface area contributed by atoms with Crippen LogP contribution in [0.4, 0.5) is 0 Å². The van der Waals surface area contributed by atoms with Crippen LogP contribution < -0.4 is 5.63 Å². The van der Waals surface area contributed by atoms with Gasteiger partial charge in [-0.2, -0.15) is 0 Å². The first kappa shape index (κ1) is 14.9. The molecule has 1 N–H and O–H groups in total. The van der Waals surface area contributed by atoms with Gasteiger partial charge in [-0.25, -0.2) is 9.78 Å². The van der Waals surface area contributed by atoms with Gasteiger partial charge in [0.05, 0.1) is 11.0 Å². The van der Waals surface area contributed by atoms with Crippen molar-refractivity contribution in [1.82, 2.24) is 9.97 Å². The Morgan fingerprint density at radius 1 is 0.923 bits per heavy atom. The number of aryl methyl sites for hydroxylation is 2. The van der Waals surface area contributed by atoms with Crippen LogP contribution in [0.3, 0.4) is 0 Å². The van der Waals surface area contributed by atoms with Crippen LogP contribution in [0.1, 0.15) is 11.1 Å². The Hall–Kier alpha value is -3.40. The smallest absolute Gasteiger partial charge is 0.347 e. The van der Waals surface area contributed by atoms with Gasteiger partial charge in [-0.15, -0.1) is 0 Å². The summed E-state index contributed by atoms with van der Waals surface area (Å²) >= 11 is 0. The molecular formula is C22H16N2O2. The number of imidazole rings is 1. The van der Waals surface area contributed by atoms with Gasteiger partial charge in [0.1, 0.15) is 17.0 Å². The van der Waals surface area contributed by atoms with Gasteiger partial charge in [-0.1, -0.05) is 30.3 Å². The second kappa shape index (κ2) is 5.30. The van der Waals surface area contributed by atoms with E-state index >= 15 is 0 Å². The van der Waals surface area contributed by atoms with Gasteiger partial charge < -0.3 is 9.40 Å². The van der Waals surface area contributed by atoms with E-state index in [1.54, 1.807) is 0 Å². The summed E-state index contributed by atoms with van der Waals surface area (Å²) in [5.74, 6) is 0.536. The van der Waals surface area contributed by atoms with E-state index in [9.17, 15) is 4.79 Å². The zero-order valence-corrected chi connectivity index (χ0v) is 14.5. The molecule has 126 valence electrons. The van der Waals surface area contributed by atoms with Gasteiger partial charge in [0, 0.05) is 5.39 Å². The number of H-pyrrole nitrogens is 1. The zero-order valence-electron chi connectivity index (χ0n) is 14.5. The van der Waals surface area contributed by atoms with E-state index in [-0.39, 0.29) is 5.63 Å². The number of aromatic amines is 1. The van der Waals surface area contributed by atoms with E-state index in [0.29, 0.717) is 17.0 Å². The molecule has 0 radical (unpaired) electrons. The Morgan fingerprint density at radius 3 is 2.62 bits per heavy atom. The SMILES string of the molecule is Cc1cc2nc(-c3cc4c(ccc5ccccc54)oc3=O)[nH]c2cc1C. The molecule has 0 saturated heterocycles. The largest absolute Gasteiger partial charge is 0.422 e. The maximum Gasteiger partial charge on any atom is 0.347 e. The fourth-order valence-electron chi connectivity index (χ4n) is 3.43. The van der Waals surface area contributed by atoms with Crippen molar-refractivity contribution in [3.8, 4) is 11.4 Å². The third-order valence-corrected chi connectivity index (χ3v) is 4.99. The molecule has 0 atom stereocenters. The van der Waals surface area contributed by atoms with Gasteiger partial charge in [0.25, 0.3) is 0 Å². The molecule has 5 rings (SSSR count). The van der Waals surface area contributed by atoms with Crippen LogP contribution in [0.25, 0.3) is 44.2 Å². The minimum absolute atomic E-state index is 0.389. The minimum Gasteiger partial charge on any atom is -0.422 e. The molecule has 4 heteroatoms. The van der Waals surface area contributed by atoms with E-state index in [4.69, 9.17) is 4.42 Å². The number of nitrogens with zero attached hydrogens (tertiary/aromatic N) is 1. The number of aromatic nitrogens is 2. The molecule has 0 bridgehead atoms. The molecule has 26 heavy (non-hydrogen) atoms. The van der Waals surface area contributed by atoms with Crippen molar-refractivity contribution in [2.45, 2.75) is 13.8 Å². The molecule has 0 amide bonds. The molecule has 0 fully saturated rings. The Morgan fingerprint density at radius 2 is 1.73 bits per heavy atom. The fraction of sp³-hybridized carbons (Fsp3) is 0.0909. The first-order chi connectivity index (χ1) is 12.6. The zero-order chi connectivity index (χ0) is 17.8. The maximum absolute atomic E-state index is 12.6. The van der Waals surface area contributed by atoms with E-state index in [1.165, 1.54) is 11.1 Å². The first-order valence-corrected chi connectivity index (χ1v) is 8.53. The number of hydrogen-bond donors (Lipinski definition) is 1. The number of benzene rings is 3. The third-order valence-electron chi connectivity index (χ3n) is 4.99. The molecule has 0 spiro atoms. The van der Waals surface area contributed by atoms with Crippen molar-refractivity contribution < 1.29 is 4.42 Å². The van der Waals surface area contributed by atoms with Crippen molar-refractivity contribution in [2.24, 2.45) is 0 Å². The lowest BCUT2D eigenvalue weighted by molar-refractivity contribution is 0.563. The summed E-state index contributed by atoms with van der Waals surface area (Å²) in [7, 11) is 0. The minimum atomic E-state index is -0.389. The van der Waals surface area contributed by atoms with E-state index in [1.807, 2.05) is 48.5 Å². The van der Waals surface area contributed by atoms with Gasteiger partial charge >= 0.3 is 5.63 Å². The molecule has 2 aromatic heterocycles. The Labute approximate surface area is 149 Å². The van der Waals surface area contributed by atoms with Crippen LogP contribution >= 0.6 is 0 Å². The molecule has 0 aliphatic heterocycles.